The summed E-state index contributed by atoms with van der Waals surface area (Å²) in [5.41, 5.74) is 1.92. The Bertz CT molecular complexity index is 731. The van der Waals surface area contributed by atoms with E-state index in [-0.39, 0.29) is 18.6 Å². The number of aromatic nitrogens is 1. The maximum absolute atomic E-state index is 12.6. The number of nitrogens with one attached hydrogen (secondary N) is 2. The Morgan fingerprint density at radius 1 is 1.39 bits per heavy atom. The molecule has 1 aromatic carbocycles. The van der Waals surface area contributed by atoms with E-state index in [1.165, 1.54) is 19.3 Å². The predicted octanol–water partition coefficient (Wildman–Crippen LogP) is 3.55. The van der Waals surface area contributed by atoms with Crippen molar-refractivity contribution in [3.8, 4) is 0 Å². The van der Waals surface area contributed by atoms with Gasteiger partial charge in [0, 0.05) is 18.2 Å². The Kier molecular flexibility index (Phi) is 5.13. The summed E-state index contributed by atoms with van der Waals surface area (Å²) >= 11 is 4.96. The summed E-state index contributed by atoms with van der Waals surface area (Å²) in [6.45, 7) is 0.0902. The number of carbonyl (C=O) groups excluding carboxylic acids is 1. The number of aromatic amines is 1. The fourth-order valence-corrected chi connectivity index (χ4v) is 3.64. The summed E-state index contributed by atoms with van der Waals surface area (Å²) in [5.74, 6) is 0.331. The van der Waals surface area contributed by atoms with Gasteiger partial charge in [0.15, 0.2) is 5.58 Å². The van der Waals surface area contributed by atoms with Crippen molar-refractivity contribution in [1.29, 1.82) is 0 Å². The van der Waals surface area contributed by atoms with Gasteiger partial charge in [0.1, 0.15) is 0 Å². The van der Waals surface area contributed by atoms with Crippen LogP contribution in [0.15, 0.2) is 22.6 Å². The smallest absolute Gasteiger partial charge is 0.266 e. The number of benzene rings is 1. The van der Waals surface area contributed by atoms with E-state index in [9.17, 15) is 9.90 Å². The molecule has 0 radical (unpaired) electrons. The molecule has 6 heteroatoms. The van der Waals surface area contributed by atoms with E-state index in [2.05, 4.69) is 10.3 Å². The van der Waals surface area contributed by atoms with Gasteiger partial charge in [0.2, 0.25) is 0 Å². The molecular formula is C17H22N2O3S. The number of amides is 1. The summed E-state index contributed by atoms with van der Waals surface area (Å²) in [6, 6.07) is 5.29. The van der Waals surface area contributed by atoms with Crippen molar-refractivity contribution in [3.63, 3.8) is 0 Å². The van der Waals surface area contributed by atoms with E-state index < -0.39 is 0 Å². The van der Waals surface area contributed by atoms with Crippen LogP contribution in [-0.2, 0) is 0 Å². The lowest BCUT2D eigenvalue weighted by molar-refractivity contribution is 0.0899. The first-order valence-electron chi connectivity index (χ1n) is 8.22. The van der Waals surface area contributed by atoms with Crippen LogP contribution in [0.1, 0.15) is 48.9 Å². The van der Waals surface area contributed by atoms with Crippen LogP contribution < -0.4 is 5.32 Å². The third-order valence-electron chi connectivity index (χ3n) is 4.66. The van der Waals surface area contributed by atoms with Gasteiger partial charge in [-0.2, -0.15) is 0 Å². The van der Waals surface area contributed by atoms with Gasteiger partial charge in [0.05, 0.1) is 5.52 Å². The second kappa shape index (κ2) is 7.27. The molecule has 1 amide bonds. The molecule has 1 heterocycles. The van der Waals surface area contributed by atoms with Crippen molar-refractivity contribution in [2.75, 3.05) is 6.61 Å². The number of H-pyrrole nitrogens is 1. The highest BCUT2D eigenvalue weighted by Gasteiger charge is 2.25. The summed E-state index contributed by atoms with van der Waals surface area (Å²) in [6.07, 6.45) is 6.53. The molecule has 1 fully saturated rings. The lowest BCUT2D eigenvalue weighted by Crippen LogP contribution is -2.41. The van der Waals surface area contributed by atoms with Crippen molar-refractivity contribution >= 4 is 29.2 Å². The second-order valence-electron chi connectivity index (χ2n) is 6.22. The van der Waals surface area contributed by atoms with E-state index in [1.807, 2.05) is 0 Å². The molecule has 5 nitrogen and oxygen atoms in total. The summed E-state index contributed by atoms with van der Waals surface area (Å²) < 4.78 is 5.37. The molecule has 1 unspecified atom stereocenters. The quantitative estimate of drug-likeness (QED) is 0.731. The van der Waals surface area contributed by atoms with Crippen LogP contribution in [0.4, 0.5) is 0 Å². The van der Waals surface area contributed by atoms with E-state index in [1.54, 1.807) is 18.2 Å². The first-order valence-corrected chi connectivity index (χ1v) is 8.63. The monoisotopic (exact) mass is 334 g/mol. The number of hydrogen-bond donors (Lipinski definition) is 3. The maximum Gasteiger partial charge on any atom is 0.266 e. The maximum atomic E-state index is 12.6. The van der Waals surface area contributed by atoms with Crippen LogP contribution in [0.5, 0.6) is 0 Å². The number of aliphatic hydroxyl groups excluding tert-OH is 1. The Morgan fingerprint density at radius 3 is 2.91 bits per heavy atom. The van der Waals surface area contributed by atoms with Crippen molar-refractivity contribution in [2.24, 2.45) is 5.92 Å². The lowest BCUT2D eigenvalue weighted by atomic mass is 9.82. The zero-order chi connectivity index (χ0) is 16.2. The van der Waals surface area contributed by atoms with E-state index in [0.717, 1.165) is 18.4 Å². The first-order chi connectivity index (χ1) is 11.2. The normalized spacial score (nSPS) is 17.3. The standard InChI is InChI=1S/C17H22N2O3S/c20-9-8-13(11-4-2-1-3-5-11)18-16(21)12-6-7-14-15(10-12)22-17(23)19-14/h6-7,10-11,13,20H,1-5,8-9H2,(H,18,21)(H,19,23). The van der Waals surface area contributed by atoms with Crippen LogP contribution in [0, 0.1) is 10.8 Å². The van der Waals surface area contributed by atoms with Crippen molar-refractivity contribution in [1.82, 2.24) is 10.3 Å². The Hall–Kier alpha value is -1.66. The topological polar surface area (TPSA) is 78.3 Å². The van der Waals surface area contributed by atoms with Gasteiger partial charge in [-0.05, 0) is 55.6 Å². The summed E-state index contributed by atoms with van der Waals surface area (Å²) in [7, 11) is 0. The minimum Gasteiger partial charge on any atom is -0.429 e. The third-order valence-corrected chi connectivity index (χ3v) is 4.84. The van der Waals surface area contributed by atoms with Gasteiger partial charge in [-0.3, -0.25) is 4.79 Å². The second-order valence-corrected chi connectivity index (χ2v) is 6.59. The number of carbonyl (C=O) groups is 1. The highest BCUT2D eigenvalue weighted by Crippen LogP contribution is 2.28. The number of aliphatic hydroxyl groups is 1. The van der Waals surface area contributed by atoms with Gasteiger partial charge >= 0.3 is 0 Å². The highest BCUT2D eigenvalue weighted by molar-refractivity contribution is 7.71. The molecule has 124 valence electrons. The average Bonchev–Trinajstić information content (AvgIpc) is 2.94. The van der Waals surface area contributed by atoms with Gasteiger partial charge in [-0.25, -0.2) is 0 Å². The molecule has 0 spiro atoms. The Morgan fingerprint density at radius 2 is 2.17 bits per heavy atom. The molecule has 0 aliphatic heterocycles. The molecule has 3 N–H and O–H groups in total. The van der Waals surface area contributed by atoms with Crippen LogP contribution in [0.3, 0.4) is 0 Å². The molecule has 0 bridgehead atoms. The first kappa shape index (κ1) is 16.2. The van der Waals surface area contributed by atoms with Crippen LogP contribution >= 0.6 is 12.2 Å². The summed E-state index contributed by atoms with van der Waals surface area (Å²) in [5, 5.41) is 12.4. The van der Waals surface area contributed by atoms with E-state index >= 15 is 0 Å². The summed E-state index contributed by atoms with van der Waals surface area (Å²) in [4.78, 5) is 15.8. The number of fused-ring (bicyclic) bond motifs is 1. The van der Waals surface area contributed by atoms with Gasteiger partial charge in [-0.1, -0.05) is 19.3 Å². The van der Waals surface area contributed by atoms with Crippen molar-refractivity contribution < 1.29 is 14.3 Å². The molecule has 1 aliphatic carbocycles. The van der Waals surface area contributed by atoms with E-state index in [4.69, 9.17) is 16.6 Å². The third kappa shape index (κ3) is 3.82. The number of hydrogen-bond acceptors (Lipinski definition) is 4. The molecule has 23 heavy (non-hydrogen) atoms. The molecule has 3 rings (SSSR count). The number of oxazole rings is 1. The van der Waals surface area contributed by atoms with Crippen LogP contribution in [-0.4, -0.2) is 28.6 Å². The van der Waals surface area contributed by atoms with Gasteiger partial charge in [0.25, 0.3) is 10.7 Å². The molecule has 1 aliphatic rings. The van der Waals surface area contributed by atoms with Crippen LogP contribution in [0.2, 0.25) is 0 Å². The predicted molar refractivity (Wildman–Crippen MR) is 90.9 cm³/mol. The lowest BCUT2D eigenvalue weighted by Gasteiger charge is -2.30. The molecule has 2 aromatic rings. The van der Waals surface area contributed by atoms with Crippen molar-refractivity contribution in [2.45, 2.75) is 44.6 Å². The largest absolute Gasteiger partial charge is 0.429 e. The fraction of sp³-hybridized carbons (Fsp3) is 0.529. The SMILES string of the molecule is O=C(NC(CCO)C1CCCCC1)c1ccc2[nH]c(=S)oc2c1. The number of rotatable bonds is 5. The Labute approximate surface area is 140 Å². The molecule has 0 saturated heterocycles. The highest BCUT2D eigenvalue weighted by atomic mass is 32.1. The van der Waals surface area contributed by atoms with Crippen molar-refractivity contribution in [3.05, 3.63) is 28.6 Å². The van der Waals surface area contributed by atoms with Crippen LogP contribution in [0.25, 0.3) is 11.1 Å². The van der Waals surface area contributed by atoms with Gasteiger partial charge < -0.3 is 19.8 Å². The average molecular weight is 334 g/mol. The minimum atomic E-state index is -0.127. The zero-order valence-corrected chi connectivity index (χ0v) is 13.8. The molecular weight excluding hydrogens is 312 g/mol. The zero-order valence-electron chi connectivity index (χ0n) is 13.0. The Balaban J connectivity index is 1.74. The fourth-order valence-electron chi connectivity index (χ4n) is 3.44. The van der Waals surface area contributed by atoms with E-state index in [0.29, 0.717) is 28.3 Å². The van der Waals surface area contributed by atoms with Gasteiger partial charge in [-0.15, -0.1) is 0 Å². The molecule has 1 saturated carbocycles. The molecule has 1 atom stereocenters. The molecule has 1 aromatic heterocycles. The minimum absolute atomic E-state index is 0.0289.